The van der Waals surface area contributed by atoms with Gasteiger partial charge in [0.15, 0.2) is 23.1 Å². The molecule has 0 N–H and O–H groups in total. The summed E-state index contributed by atoms with van der Waals surface area (Å²) >= 11 is 0. The van der Waals surface area contributed by atoms with Gasteiger partial charge in [0, 0.05) is 11.5 Å². The standard InChI is InChI=1S/C28H20O4/c29-22-11-12-23(30)26-20(22)17-21(19-9-5-2-6-10-19)28(16-15-18-7-3-1-4-8-18)25(32)14-13-24(31)27(26)28/h1-17,21,26-27H/b16-15+. The maximum absolute atomic E-state index is 13.6. The highest BCUT2D eigenvalue weighted by atomic mass is 16.2. The van der Waals surface area contributed by atoms with Gasteiger partial charge in [-0.3, -0.25) is 19.2 Å². The van der Waals surface area contributed by atoms with Crippen molar-refractivity contribution in [3.8, 4) is 0 Å². The van der Waals surface area contributed by atoms with Crippen molar-refractivity contribution in [3.63, 3.8) is 0 Å². The quantitative estimate of drug-likeness (QED) is 0.751. The lowest BCUT2D eigenvalue weighted by atomic mass is 9.50. The summed E-state index contributed by atoms with van der Waals surface area (Å²) < 4.78 is 0. The van der Waals surface area contributed by atoms with Gasteiger partial charge in [-0.2, -0.15) is 0 Å². The maximum atomic E-state index is 13.6. The Morgan fingerprint density at radius 2 is 1.38 bits per heavy atom. The molecule has 0 aliphatic heterocycles. The van der Waals surface area contributed by atoms with Crippen LogP contribution in [0.4, 0.5) is 0 Å². The second kappa shape index (κ2) is 7.65. The van der Waals surface area contributed by atoms with Gasteiger partial charge in [-0.15, -0.1) is 0 Å². The van der Waals surface area contributed by atoms with Crippen molar-refractivity contribution in [1.29, 1.82) is 0 Å². The lowest BCUT2D eigenvalue weighted by molar-refractivity contribution is -0.140. The number of allylic oxidation sites excluding steroid dienone is 7. The highest BCUT2D eigenvalue weighted by molar-refractivity contribution is 6.21. The molecule has 0 spiro atoms. The minimum absolute atomic E-state index is 0.242. The van der Waals surface area contributed by atoms with Crippen LogP contribution >= 0.6 is 0 Å². The lowest BCUT2D eigenvalue weighted by Gasteiger charge is -2.49. The fourth-order valence-electron chi connectivity index (χ4n) is 5.21. The van der Waals surface area contributed by atoms with Gasteiger partial charge in [0.25, 0.3) is 0 Å². The first-order valence-electron chi connectivity index (χ1n) is 10.6. The van der Waals surface area contributed by atoms with Crippen LogP contribution in [0, 0.1) is 17.3 Å². The van der Waals surface area contributed by atoms with Crippen LogP contribution in [0.25, 0.3) is 6.08 Å². The first-order chi connectivity index (χ1) is 15.5. The average molecular weight is 420 g/mol. The number of fused-ring (bicyclic) bond motifs is 3. The van der Waals surface area contributed by atoms with Crippen LogP contribution in [0.15, 0.2) is 103 Å². The third-order valence-corrected chi connectivity index (χ3v) is 6.68. The first-order valence-corrected chi connectivity index (χ1v) is 10.6. The monoisotopic (exact) mass is 420 g/mol. The SMILES string of the molecule is O=C1C=CC(=O)C2C1=CC(c1ccccc1)C1(/C=C/c3ccccc3)C(=O)C=CC(=O)C21. The first kappa shape index (κ1) is 20.0. The van der Waals surface area contributed by atoms with Crippen LogP contribution in [-0.4, -0.2) is 23.1 Å². The molecule has 0 heterocycles. The van der Waals surface area contributed by atoms with Gasteiger partial charge in [-0.05, 0) is 35.4 Å². The molecule has 4 unspecified atom stereocenters. The normalized spacial score (nSPS) is 29.1. The number of hydrogen-bond acceptors (Lipinski definition) is 4. The zero-order valence-corrected chi connectivity index (χ0v) is 17.2. The Hall–Kier alpha value is -3.92. The fraction of sp³-hybridized carbons (Fsp3) is 0.143. The molecule has 2 aromatic carbocycles. The molecule has 32 heavy (non-hydrogen) atoms. The Labute approximate surface area is 185 Å². The third-order valence-electron chi connectivity index (χ3n) is 6.68. The van der Waals surface area contributed by atoms with E-state index < -0.39 is 23.2 Å². The molecule has 0 amide bonds. The zero-order valence-electron chi connectivity index (χ0n) is 17.2. The predicted molar refractivity (Wildman–Crippen MR) is 120 cm³/mol. The molecule has 4 atom stereocenters. The van der Waals surface area contributed by atoms with Crippen molar-refractivity contribution in [2.75, 3.05) is 0 Å². The van der Waals surface area contributed by atoms with E-state index in [0.29, 0.717) is 5.57 Å². The Morgan fingerprint density at radius 3 is 2.09 bits per heavy atom. The van der Waals surface area contributed by atoms with E-state index in [2.05, 4.69) is 0 Å². The largest absolute Gasteiger partial charge is 0.294 e. The average Bonchev–Trinajstić information content (AvgIpc) is 2.83. The van der Waals surface area contributed by atoms with Crippen molar-refractivity contribution in [2.45, 2.75) is 5.92 Å². The number of carbonyl (C=O) groups is 4. The van der Waals surface area contributed by atoms with E-state index in [1.54, 1.807) is 12.2 Å². The molecule has 0 radical (unpaired) electrons. The summed E-state index contributed by atoms with van der Waals surface area (Å²) in [5.74, 6) is -3.67. The smallest absolute Gasteiger partial charge is 0.182 e. The molecule has 0 aromatic heterocycles. The maximum Gasteiger partial charge on any atom is 0.182 e. The fourth-order valence-corrected chi connectivity index (χ4v) is 5.21. The van der Waals surface area contributed by atoms with Crippen molar-refractivity contribution in [1.82, 2.24) is 0 Å². The number of benzene rings is 2. The minimum Gasteiger partial charge on any atom is -0.294 e. The van der Waals surface area contributed by atoms with Gasteiger partial charge in [-0.1, -0.05) is 78.9 Å². The highest BCUT2D eigenvalue weighted by Gasteiger charge is 2.60. The van der Waals surface area contributed by atoms with Gasteiger partial charge in [0.05, 0.1) is 17.3 Å². The summed E-state index contributed by atoms with van der Waals surface area (Å²) in [4.78, 5) is 52.6. The molecule has 2 aromatic rings. The number of carbonyl (C=O) groups excluding carboxylic acids is 4. The third kappa shape index (κ3) is 2.99. The van der Waals surface area contributed by atoms with E-state index in [4.69, 9.17) is 0 Å². The molecular weight excluding hydrogens is 400 g/mol. The Kier molecular flexibility index (Phi) is 4.78. The van der Waals surface area contributed by atoms with E-state index in [0.717, 1.165) is 11.1 Å². The summed E-state index contributed by atoms with van der Waals surface area (Å²) in [6, 6.07) is 18.9. The molecule has 0 saturated heterocycles. The van der Waals surface area contributed by atoms with Gasteiger partial charge in [-0.25, -0.2) is 0 Å². The molecule has 3 aliphatic carbocycles. The summed E-state index contributed by atoms with van der Waals surface area (Å²) in [5.41, 5.74) is 0.685. The zero-order chi connectivity index (χ0) is 22.3. The predicted octanol–water partition coefficient (Wildman–Crippen LogP) is 4.06. The molecule has 0 saturated carbocycles. The van der Waals surface area contributed by atoms with Crippen LogP contribution in [0.1, 0.15) is 17.0 Å². The van der Waals surface area contributed by atoms with Gasteiger partial charge in [0.2, 0.25) is 0 Å². The van der Waals surface area contributed by atoms with E-state index in [1.165, 1.54) is 24.3 Å². The van der Waals surface area contributed by atoms with Gasteiger partial charge in [0.1, 0.15) is 0 Å². The molecule has 0 fully saturated rings. The van der Waals surface area contributed by atoms with E-state index in [-0.39, 0.29) is 23.1 Å². The summed E-state index contributed by atoms with van der Waals surface area (Å²) in [6.07, 6.45) is 10.4. The summed E-state index contributed by atoms with van der Waals surface area (Å²) in [5, 5.41) is 0. The number of rotatable bonds is 3. The van der Waals surface area contributed by atoms with Crippen LogP contribution in [-0.2, 0) is 19.2 Å². The van der Waals surface area contributed by atoms with Crippen LogP contribution in [0.2, 0.25) is 0 Å². The molecule has 156 valence electrons. The lowest BCUT2D eigenvalue weighted by Crippen LogP contribution is -2.55. The summed E-state index contributed by atoms with van der Waals surface area (Å²) in [7, 11) is 0. The van der Waals surface area contributed by atoms with E-state index in [1.807, 2.05) is 66.7 Å². The number of ketones is 4. The van der Waals surface area contributed by atoms with E-state index in [9.17, 15) is 19.2 Å². The van der Waals surface area contributed by atoms with Crippen LogP contribution in [0.5, 0.6) is 0 Å². The summed E-state index contributed by atoms with van der Waals surface area (Å²) in [6.45, 7) is 0. The Balaban J connectivity index is 1.80. The molecule has 4 nitrogen and oxygen atoms in total. The minimum atomic E-state index is -1.31. The molecule has 5 rings (SSSR count). The van der Waals surface area contributed by atoms with Crippen molar-refractivity contribution >= 4 is 29.2 Å². The van der Waals surface area contributed by atoms with Gasteiger partial charge >= 0.3 is 0 Å². The van der Waals surface area contributed by atoms with Crippen LogP contribution in [0.3, 0.4) is 0 Å². The molecular formula is C28H20O4. The molecule has 4 heteroatoms. The second-order valence-corrected chi connectivity index (χ2v) is 8.34. The number of hydrogen-bond donors (Lipinski definition) is 0. The topological polar surface area (TPSA) is 68.3 Å². The van der Waals surface area contributed by atoms with Gasteiger partial charge < -0.3 is 0 Å². The Morgan fingerprint density at radius 1 is 0.719 bits per heavy atom. The van der Waals surface area contributed by atoms with Crippen LogP contribution < -0.4 is 0 Å². The Bertz CT molecular complexity index is 1250. The van der Waals surface area contributed by atoms with Crippen molar-refractivity contribution in [3.05, 3.63) is 114 Å². The highest BCUT2D eigenvalue weighted by Crippen LogP contribution is 2.56. The second-order valence-electron chi connectivity index (χ2n) is 8.34. The molecule has 0 bridgehead atoms. The van der Waals surface area contributed by atoms with Crippen molar-refractivity contribution in [2.24, 2.45) is 17.3 Å². The van der Waals surface area contributed by atoms with E-state index >= 15 is 0 Å². The molecule has 3 aliphatic rings. The van der Waals surface area contributed by atoms with Crippen molar-refractivity contribution < 1.29 is 19.2 Å².